The summed E-state index contributed by atoms with van der Waals surface area (Å²) in [6, 6.07) is 0. The van der Waals surface area contributed by atoms with Crippen LogP contribution in [0.2, 0.25) is 0 Å². The highest BCUT2D eigenvalue weighted by Crippen LogP contribution is 2.41. The van der Waals surface area contributed by atoms with Crippen LogP contribution in [0.15, 0.2) is 20.9 Å². The summed E-state index contributed by atoms with van der Waals surface area (Å²) < 4.78 is 6.47. The van der Waals surface area contributed by atoms with Gasteiger partial charge in [0.1, 0.15) is 4.34 Å². The number of hydrogen-bond acceptors (Lipinski definition) is 5. The van der Waals surface area contributed by atoms with Gasteiger partial charge in [-0.3, -0.25) is 4.99 Å². The van der Waals surface area contributed by atoms with Gasteiger partial charge in [0.15, 0.2) is 5.96 Å². The molecule has 0 unspecified atom stereocenters. The minimum atomic E-state index is 0. The Morgan fingerprint density at radius 2 is 2.19 bits per heavy atom. The molecule has 8 heteroatoms. The monoisotopic (exact) mass is 512 g/mol. The smallest absolute Gasteiger partial charge is 0.191 e. The molecule has 0 amide bonds. The van der Waals surface area contributed by atoms with Gasteiger partial charge in [-0.15, -0.1) is 35.3 Å². The first-order valence-corrected chi connectivity index (χ1v) is 11.2. The summed E-state index contributed by atoms with van der Waals surface area (Å²) >= 11 is 3.54. The van der Waals surface area contributed by atoms with Crippen LogP contribution < -0.4 is 10.6 Å². The lowest BCUT2D eigenvalue weighted by atomic mass is 9.83. The molecule has 1 aliphatic carbocycles. The highest BCUT2D eigenvalue weighted by molar-refractivity contribution is 14.0. The Kier molecular flexibility index (Phi) is 12.9. The lowest BCUT2D eigenvalue weighted by Crippen LogP contribution is -2.39. The average Bonchev–Trinajstić information content (AvgIpc) is 3.30. The van der Waals surface area contributed by atoms with Crippen molar-refractivity contribution in [2.24, 2.45) is 10.4 Å². The number of thiazole rings is 1. The fourth-order valence-corrected chi connectivity index (χ4v) is 4.89. The number of halogens is 1. The van der Waals surface area contributed by atoms with Crippen molar-refractivity contribution in [1.82, 2.24) is 15.6 Å². The van der Waals surface area contributed by atoms with E-state index in [1.807, 2.05) is 23.3 Å². The van der Waals surface area contributed by atoms with E-state index in [1.54, 1.807) is 18.4 Å². The molecule has 1 saturated carbocycles. The predicted molar refractivity (Wildman–Crippen MR) is 124 cm³/mol. The number of guanidine groups is 1. The summed E-state index contributed by atoms with van der Waals surface area (Å²) in [6.07, 6.45) is 9.31. The molecular weight excluding hydrogens is 479 g/mol. The van der Waals surface area contributed by atoms with Crippen LogP contribution in [0.3, 0.4) is 0 Å². The van der Waals surface area contributed by atoms with Crippen molar-refractivity contribution in [1.29, 1.82) is 0 Å². The third kappa shape index (κ3) is 8.75. The largest absolute Gasteiger partial charge is 0.385 e. The number of nitrogens with one attached hydrogen (secondary N) is 2. The van der Waals surface area contributed by atoms with Gasteiger partial charge >= 0.3 is 0 Å². The number of nitrogens with zero attached hydrogens (tertiary/aromatic N) is 2. The van der Waals surface area contributed by atoms with Crippen molar-refractivity contribution >= 4 is 53.0 Å². The van der Waals surface area contributed by atoms with Crippen molar-refractivity contribution in [3.05, 3.63) is 11.6 Å². The zero-order valence-electron chi connectivity index (χ0n) is 16.0. The lowest BCUT2D eigenvalue weighted by Gasteiger charge is -2.27. The summed E-state index contributed by atoms with van der Waals surface area (Å²) in [5.41, 5.74) is 0.346. The maximum absolute atomic E-state index is 5.32. The Morgan fingerprint density at radius 1 is 1.38 bits per heavy atom. The van der Waals surface area contributed by atoms with Gasteiger partial charge in [-0.2, -0.15) is 0 Å². The summed E-state index contributed by atoms with van der Waals surface area (Å²) in [4.78, 5) is 9.19. The lowest BCUT2D eigenvalue weighted by molar-refractivity contribution is 0.141. The molecule has 0 bridgehead atoms. The molecule has 2 N–H and O–H groups in total. The number of ether oxygens (including phenoxy) is 1. The van der Waals surface area contributed by atoms with E-state index >= 15 is 0 Å². The summed E-state index contributed by atoms with van der Waals surface area (Å²) in [5, 5.41) is 8.88. The molecule has 5 nitrogen and oxygen atoms in total. The molecule has 1 aromatic heterocycles. The first kappa shape index (κ1) is 24.0. The van der Waals surface area contributed by atoms with Crippen molar-refractivity contribution < 1.29 is 4.74 Å². The molecule has 1 aromatic rings. The van der Waals surface area contributed by atoms with E-state index < -0.39 is 0 Å². The second kappa shape index (κ2) is 14.0. The van der Waals surface area contributed by atoms with Crippen LogP contribution in [-0.4, -0.2) is 50.0 Å². The molecule has 26 heavy (non-hydrogen) atoms. The number of aliphatic imine (C=N–C) groups is 1. The third-order valence-corrected chi connectivity index (χ3v) is 6.72. The van der Waals surface area contributed by atoms with E-state index in [2.05, 4.69) is 22.5 Å². The molecule has 2 rings (SSSR count). The number of aromatic nitrogens is 1. The first-order chi connectivity index (χ1) is 12.3. The number of rotatable bonds is 11. The van der Waals surface area contributed by atoms with Crippen molar-refractivity contribution in [3.63, 3.8) is 0 Å². The average molecular weight is 513 g/mol. The van der Waals surface area contributed by atoms with E-state index in [9.17, 15) is 0 Å². The first-order valence-electron chi connectivity index (χ1n) is 9.31. The minimum Gasteiger partial charge on any atom is -0.385 e. The van der Waals surface area contributed by atoms with Crippen LogP contribution in [0.5, 0.6) is 0 Å². The fraction of sp³-hybridized carbons (Fsp3) is 0.778. The van der Waals surface area contributed by atoms with E-state index in [-0.39, 0.29) is 24.0 Å². The third-order valence-electron chi connectivity index (χ3n) is 4.67. The van der Waals surface area contributed by atoms with Gasteiger partial charge in [-0.25, -0.2) is 4.98 Å². The Morgan fingerprint density at radius 3 is 2.85 bits per heavy atom. The van der Waals surface area contributed by atoms with Crippen LogP contribution in [0.25, 0.3) is 0 Å². The molecule has 0 spiro atoms. The van der Waals surface area contributed by atoms with E-state index in [0.717, 1.165) is 55.1 Å². The predicted octanol–water partition coefficient (Wildman–Crippen LogP) is 4.40. The summed E-state index contributed by atoms with van der Waals surface area (Å²) in [5.74, 6) is 2.03. The van der Waals surface area contributed by atoms with Crippen LogP contribution in [-0.2, 0) is 4.74 Å². The van der Waals surface area contributed by atoms with Crippen molar-refractivity contribution in [3.8, 4) is 0 Å². The Labute approximate surface area is 183 Å². The quantitative estimate of drug-likeness (QED) is 0.151. The van der Waals surface area contributed by atoms with Crippen LogP contribution in [0.4, 0.5) is 0 Å². The van der Waals surface area contributed by atoms with Gasteiger partial charge in [0, 0.05) is 50.7 Å². The van der Waals surface area contributed by atoms with E-state index in [4.69, 9.17) is 9.73 Å². The molecule has 1 fully saturated rings. The van der Waals surface area contributed by atoms with Gasteiger partial charge < -0.3 is 15.4 Å². The summed E-state index contributed by atoms with van der Waals surface area (Å²) in [7, 11) is 1.79. The Hall–Kier alpha value is -0.0600. The number of hydrogen-bond donors (Lipinski definition) is 2. The van der Waals surface area contributed by atoms with Crippen molar-refractivity contribution in [2.75, 3.05) is 39.1 Å². The molecule has 0 atom stereocenters. The minimum absolute atomic E-state index is 0. The summed E-state index contributed by atoms with van der Waals surface area (Å²) in [6.45, 7) is 5.69. The molecule has 1 aliphatic rings. The fourth-order valence-electron chi connectivity index (χ4n) is 3.24. The second-order valence-electron chi connectivity index (χ2n) is 6.57. The second-order valence-corrected chi connectivity index (χ2v) is 8.81. The van der Waals surface area contributed by atoms with E-state index in [0.29, 0.717) is 5.41 Å². The maximum atomic E-state index is 5.32. The highest BCUT2D eigenvalue weighted by Gasteiger charge is 2.33. The van der Waals surface area contributed by atoms with E-state index in [1.165, 1.54) is 25.7 Å². The van der Waals surface area contributed by atoms with Gasteiger partial charge in [0.05, 0.1) is 0 Å². The van der Waals surface area contributed by atoms with Gasteiger partial charge in [0.25, 0.3) is 0 Å². The molecule has 150 valence electrons. The Balaban J connectivity index is 0.00000338. The topological polar surface area (TPSA) is 58.5 Å². The molecule has 0 aliphatic heterocycles. The maximum Gasteiger partial charge on any atom is 0.191 e. The zero-order chi connectivity index (χ0) is 17.8. The molecule has 1 heterocycles. The van der Waals surface area contributed by atoms with Gasteiger partial charge in [-0.05, 0) is 38.0 Å². The van der Waals surface area contributed by atoms with Crippen molar-refractivity contribution in [2.45, 2.75) is 49.8 Å². The molecular formula is C18H33IN4OS2. The van der Waals surface area contributed by atoms with Crippen LogP contribution in [0.1, 0.15) is 45.4 Å². The van der Waals surface area contributed by atoms with Gasteiger partial charge in [0.2, 0.25) is 0 Å². The molecule has 0 saturated heterocycles. The standard InChI is InChI=1S/C18H32N4OS2.HI/c1-3-19-16(20-10-6-13-24-17-21-11-14-25-17)22-15-18(9-12-23-2)7-4-5-8-18;/h11,14H,3-10,12-13,15H2,1-2H3,(H2,19,20,22);1H. The SMILES string of the molecule is CCNC(=NCC1(CCOC)CCCC1)NCCCSc1nccs1.I. The van der Waals surface area contributed by atoms with Crippen LogP contribution in [0, 0.1) is 5.41 Å². The molecule has 0 radical (unpaired) electrons. The number of methoxy groups -OCH3 is 1. The Bertz CT molecular complexity index is 493. The van der Waals surface area contributed by atoms with Crippen LogP contribution >= 0.6 is 47.1 Å². The normalized spacial score (nSPS) is 16.3. The zero-order valence-corrected chi connectivity index (χ0v) is 19.9. The van der Waals surface area contributed by atoms with Gasteiger partial charge in [-0.1, -0.05) is 24.6 Å². The number of thioether (sulfide) groups is 1. The highest BCUT2D eigenvalue weighted by atomic mass is 127. The molecule has 0 aromatic carbocycles.